The number of rotatable bonds is 13. The highest BCUT2D eigenvalue weighted by Gasteiger charge is 2.54. The van der Waals surface area contributed by atoms with Crippen molar-refractivity contribution in [1.29, 1.82) is 0 Å². The van der Waals surface area contributed by atoms with Crippen LogP contribution >= 0.6 is 116 Å². The van der Waals surface area contributed by atoms with Crippen molar-refractivity contribution in [2.24, 2.45) is 11.8 Å². The molecular formula is C31H32Cl9NO10S. The third-order valence-corrected chi connectivity index (χ3v) is 10.1. The maximum absolute atomic E-state index is 12.9. The molecule has 52 heavy (non-hydrogen) atoms. The van der Waals surface area contributed by atoms with E-state index in [4.69, 9.17) is 128 Å². The monoisotopic (exact) mass is 925 g/mol. The second kappa shape index (κ2) is 19.5. The predicted octanol–water partition coefficient (Wildman–Crippen LogP) is 7.43. The van der Waals surface area contributed by atoms with E-state index < -0.39 is 77.7 Å². The van der Waals surface area contributed by atoms with Crippen molar-refractivity contribution in [2.45, 2.75) is 86.5 Å². The van der Waals surface area contributed by atoms with Gasteiger partial charge >= 0.3 is 17.9 Å². The van der Waals surface area contributed by atoms with E-state index in [9.17, 15) is 24.0 Å². The average molecular weight is 930 g/mol. The molecule has 11 nitrogen and oxygen atoms in total. The van der Waals surface area contributed by atoms with E-state index >= 15 is 0 Å². The lowest BCUT2D eigenvalue weighted by Crippen LogP contribution is -2.55. The molecule has 8 atom stereocenters. The van der Waals surface area contributed by atoms with E-state index in [2.05, 4.69) is 5.32 Å². The molecule has 0 bridgehead atoms. The number of nitrogens with one attached hydrogen (secondary N) is 1. The molecule has 2 aliphatic heterocycles. The van der Waals surface area contributed by atoms with Gasteiger partial charge in [0.15, 0.2) is 6.10 Å². The van der Waals surface area contributed by atoms with Crippen molar-refractivity contribution in [3.8, 4) is 0 Å². The molecule has 0 aliphatic carbocycles. The lowest BCUT2D eigenvalue weighted by atomic mass is 9.85. The van der Waals surface area contributed by atoms with Crippen molar-refractivity contribution >= 4 is 145 Å². The fourth-order valence-electron chi connectivity index (χ4n) is 5.16. The lowest BCUT2D eigenvalue weighted by molar-refractivity contribution is -0.208. The first-order chi connectivity index (χ1) is 24.0. The van der Waals surface area contributed by atoms with Gasteiger partial charge in [0.2, 0.25) is 11.0 Å². The van der Waals surface area contributed by atoms with Crippen molar-refractivity contribution < 1.29 is 47.7 Å². The zero-order valence-electron chi connectivity index (χ0n) is 27.3. The van der Waals surface area contributed by atoms with Gasteiger partial charge in [-0.3, -0.25) is 9.59 Å². The lowest BCUT2D eigenvalue weighted by Gasteiger charge is -2.42. The molecule has 1 aromatic carbocycles. The van der Waals surface area contributed by atoms with Crippen LogP contribution in [0.2, 0.25) is 0 Å². The minimum absolute atomic E-state index is 0.0574. The molecule has 2 saturated heterocycles. The second-order valence-corrected chi connectivity index (χ2v) is 19.9. The quantitative estimate of drug-likeness (QED) is 0.0526. The van der Waals surface area contributed by atoms with Crippen LogP contribution < -0.4 is 5.32 Å². The molecule has 2 aliphatic rings. The number of epoxide rings is 1. The van der Waals surface area contributed by atoms with E-state index in [1.54, 1.807) is 45.0 Å². The Morgan fingerprint density at radius 2 is 1.42 bits per heavy atom. The molecule has 290 valence electrons. The predicted molar refractivity (Wildman–Crippen MR) is 201 cm³/mol. The van der Waals surface area contributed by atoms with Crippen LogP contribution in [0.3, 0.4) is 0 Å². The number of ether oxygens (including phenoxy) is 5. The van der Waals surface area contributed by atoms with Gasteiger partial charge in [0.05, 0.1) is 25.4 Å². The van der Waals surface area contributed by atoms with Crippen LogP contribution in [-0.4, -0.2) is 90.1 Å². The van der Waals surface area contributed by atoms with Crippen molar-refractivity contribution in [2.75, 3.05) is 13.2 Å². The molecule has 0 unspecified atom stereocenters. The second-order valence-electron chi connectivity index (χ2n) is 11.9. The third-order valence-electron chi connectivity index (χ3n) is 7.85. The summed E-state index contributed by atoms with van der Waals surface area (Å²) in [5.41, 5.74) is 0.420. The molecule has 0 radical (unpaired) electrons. The minimum atomic E-state index is -2.54. The van der Waals surface area contributed by atoms with Gasteiger partial charge in [0.25, 0.3) is 11.4 Å². The van der Waals surface area contributed by atoms with E-state index in [0.29, 0.717) is 5.57 Å². The first-order valence-corrected chi connectivity index (χ1v) is 19.5. The van der Waals surface area contributed by atoms with Gasteiger partial charge < -0.3 is 29.0 Å². The summed E-state index contributed by atoms with van der Waals surface area (Å²) in [6.07, 6.45) is -4.21. The van der Waals surface area contributed by atoms with Gasteiger partial charge in [-0.15, -0.1) is 0 Å². The Kier molecular flexibility index (Phi) is 17.2. The van der Waals surface area contributed by atoms with Crippen LogP contribution in [0.25, 0.3) is 0 Å². The van der Waals surface area contributed by atoms with Crippen molar-refractivity contribution in [3.05, 3.63) is 42.0 Å². The summed E-state index contributed by atoms with van der Waals surface area (Å²) in [6.45, 7) is 4.60. The van der Waals surface area contributed by atoms with Crippen LogP contribution in [0, 0.1) is 11.8 Å². The topological polar surface area (TPSA) is 147 Å². The fourth-order valence-corrected chi connectivity index (χ4v) is 6.27. The van der Waals surface area contributed by atoms with Gasteiger partial charge in [-0.25, -0.2) is 14.4 Å². The maximum Gasteiger partial charge on any atom is 0.359 e. The number of hydrogen-bond acceptors (Lipinski definition) is 11. The number of benzene rings is 1. The number of esters is 3. The number of carbonyl (C=O) groups is 5. The molecule has 21 heteroatoms. The molecule has 0 spiro atoms. The Hall–Kier alpha value is -0.610. The van der Waals surface area contributed by atoms with Crippen LogP contribution in [-0.2, 0) is 47.7 Å². The van der Waals surface area contributed by atoms with Crippen LogP contribution in [0.5, 0.6) is 0 Å². The Morgan fingerprint density at radius 3 is 1.98 bits per heavy atom. The van der Waals surface area contributed by atoms with E-state index in [0.717, 1.165) is 16.7 Å². The molecular weight excluding hydrogens is 897 g/mol. The average Bonchev–Trinajstić information content (AvgIpc) is 3.80. The van der Waals surface area contributed by atoms with E-state index in [-0.39, 0.29) is 37.0 Å². The maximum atomic E-state index is 12.9. The summed E-state index contributed by atoms with van der Waals surface area (Å²) < 4.78 is 21.1. The molecule has 0 aromatic heterocycles. The summed E-state index contributed by atoms with van der Waals surface area (Å²) >= 11 is 52.7. The number of halogens is 9. The standard InChI is InChI=1S/C31H32Cl9NO10S/c1-14(10-21(42)41-12-22(43)52-18-7-5-4-6-8-18)9-19-25(51-28(46)31(38,39)40)24(50-27(45)30(35,36)37)17(13-47-19)11-20-23(49-20)15(2)16(3)48-26(44)29(32,33)34/h4-8,10,15-17,19-20,23-25H,9,11-13H2,1-3H3,(H,41,42)/b14-10+/t15-,16-,17-,19-,20-,23-,24+,25-/m0/s1. The van der Waals surface area contributed by atoms with Gasteiger partial charge in [0, 0.05) is 22.8 Å². The number of hydrogen-bond donors (Lipinski definition) is 1. The molecule has 1 amide bonds. The first-order valence-electron chi connectivity index (χ1n) is 15.3. The summed E-state index contributed by atoms with van der Waals surface area (Å²) in [6, 6.07) is 8.91. The Labute approximate surface area is 349 Å². The molecule has 1 aromatic rings. The number of carbonyl (C=O) groups excluding carboxylic acids is 5. The zero-order valence-corrected chi connectivity index (χ0v) is 34.9. The smallest absolute Gasteiger partial charge is 0.359 e. The summed E-state index contributed by atoms with van der Waals surface area (Å²) in [7, 11) is 0. The highest BCUT2D eigenvalue weighted by atomic mass is 35.6. The molecule has 3 rings (SSSR count). The first kappa shape index (κ1) is 45.8. The summed E-state index contributed by atoms with van der Waals surface area (Å²) in [5, 5.41) is 2.23. The van der Waals surface area contributed by atoms with Crippen molar-refractivity contribution in [3.63, 3.8) is 0 Å². The molecule has 2 fully saturated rings. The van der Waals surface area contributed by atoms with E-state index in [1.165, 1.54) is 6.08 Å². The Bertz CT molecular complexity index is 1490. The van der Waals surface area contributed by atoms with Crippen molar-refractivity contribution in [1.82, 2.24) is 5.32 Å². The van der Waals surface area contributed by atoms with Gasteiger partial charge in [-0.2, -0.15) is 0 Å². The highest BCUT2D eigenvalue weighted by Crippen LogP contribution is 2.42. The van der Waals surface area contributed by atoms with Gasteiger partial charge in [-0.1, -0.05) is 147 Å². The van der Waals surface area contributed by atoms with Crippen LogP contribution in [0.4, 0.5) is 0 Å². The largest absolute Gasteiger partial charge is 0.459 e. The number of thioether (sulfide) groups is 1. The van der Waals surface area contributed by atoms with Crippen LogP contribution in [0.1, 0.15) is 33.6 Å². The van der Waals surface area contributed by atoms with Gasteiger partial charge in [-0.05, 0) is 38.8 Å². The Balaban J connectivity index is 1.78. The zero-order chi connectivity index (χ0) is 39.2. The fraction of sp³-hybridized carbons (Fsp3) is 0.581. The highest BCUT2D eigenvalue weighted by molar-refractivity contribution is 8.13. The normalized spacial score (nSPS) is 25.0. The van der Waals surface area contributed by atoms with E-state index in [1.807, 2.05) is 6.07 Å². The third kappa shape index (κ3) is 14.5. The van der Waals surface area contributed by atoms with Gasteiger partial charge in [0.1, 0.15) is 18.3 Å². The number of alkyl halides is 9. The molecule has 2 heterocycles. The molecule has 1 N–H and O–H groups in total. The van der Waals surface area contributed by atoms with Crippen LogP contribution in [0.15, 0.2) is 46.9 Å². The minimum Gasteiger partial charge on any atom is -0.459 e. The summed E-state index contributed by atoms with van der Waals surface area (Å²) in [4.78, 5) is 63.6. The molecule has 0 saturated carbocycles. The summed E-state index contributed by atoms with van der Waals surface area (Å²) in [5.74, 6) is -5.38. The Morgan fingerprint density at radius 1 is 0.865 bits per heavy atom. The number of amides is 1. The SMILES string of the molecule is C/C(=C\C(=O)NCC(=O)Sc1ccccc1)C[C@@H]1OC[C@H](C[C@@H]2O[C@H]2[C@@H](C)[C@H](C)OC(=O)C(Cl)(Cl)Cl)[C@@H](OC(=O)C(Cl)(Cl)Cl)[C@H]1OC(=O)C(Cl)(Cl)Cl.